The zero-order valence-electron chi connectivity index (χ0n) is 15.9. The monoisotopic (exact) mass is 421 g/mol. The quantitative estimate of drug-likeness (QED) is 0.718. The van der Waals surface area contributed by atoms with E-state index in [1.54, 1.807) is 30.5 Å². The van der Waals surface area contributed by atoms with Gasteiger partial charge < -0.3 is 0 Å². The fraction of sp³-hybridized carbons (Fsp3) is 0.400. The van der Waals surface area contributed by atoms with Gasteiger partial charge in [-0.1, -0.05) is 11.6 Å². The SMILES string of the molecule is CC(c1cncc(Cl)c1)N1CCC(C(=O)c2ccc(NS(C)(=O)=O)cc2)CC1. The van der Waals surface area contributed by atoms with Crippen LogP contribution >= 0.6 is 11.6 Å². The second-order valence-electron chi connectivity index (χ2n) is 7.24. The minimum atomic E-state index is -3.32. The summed E-state index contributed by atoms with van der Waals surface area (Å²) in [6.07, 6.45) is 6.14. The van der Waals surface area contributed by atoms with Crippen molar-refractivity contribution in [3.63, 3.8) is 0 Å². The summed E-state index contributed by atoms with van der Waals surface area (Å²) in [5.74, 6) is 0.0947. The lowest BCUT2D eigenvalue weighted by Crippen LogP contribution is -2.38. The average Bonchev–Trinajstić information content (AvgIpc) is 2.66. The molecule has 0 aliphatic carbocycles. The maximum atomic E-state index is 12.8. The molecule has 3 rings (SSSR count). The number of hydrogen-bond acceptors (Lipinski definition) is 5. The lowest BCUT2D eigenvalue weighted by Gasteiger charge is -2.35. The fourth-order valence-electron chi connectivity index (χ4n) is 3.57. The number of aromatic nitrogens is 1. The number of nitrogens with zero attached hydrogens (tertiary/aromatic N) is 2. The van der Waals surface area contributed by atoms with E-state index >= 15 is 0 Å². The molecule has 2 aromatic rings. The molecule has 1 saturated heterocycles. The summed E-state index contributed by atoms with van der Waals surface area (Å²) >= 11 is 6.04. The van der Waals surface area contributed by atoms with Gasteiger partial charge >= 0.3 is 0 Å². The zero-order chi connectivity index (χ0) is 20.3. The van der Waals surface area contributed by atoms with Gasteiger partial charge in [0.1, 0.15) is 0 Å². The summed E-state index contributed by atoms with van der Waals surface area (Å²) in [7, 11) is -3.32. The van der Waals surface area contributed by atoms with Gasteiger partial charge in [-0.3, -0.25) is 19.4 Å². The number of pyridine rings is 1. The summed E-state index contributed by atoms with van der Waals surface area (Å²) in [5, 5.41) is 0.628. The van der Waals surface area contributed by atoms with Crippen LogP contribution < -0.4 is 4.72 Å². The van der Waals surface area contributed by atoms with Crippen molar-refractivity contribution in [1.82, 2.24) is 9.88 Å². The molecule has 28 heavy (non-hydrogen) atoms. The molecule has 1 atom stereocenters. The summed E-state index contributed by atoms with van der Waals surface area (Å²) in [5.41, 5.74) is 2.15. The summed E-state index contributed by atoms with van der Waals surface area (Å²) in [4.78, 5) is 19.3. The highest BCUT2D eigenvalue weighted by molar-refractivity contribution is 7.92. The van der Waals surface area contributed by atoms with Crippen molar-refractivity contribution in [3.8, 4) is 0 Å². The molecular formula is C20H24ClN3O3S. The second kappa shape index (κ2) is 8.59. The van der Waals surface area contributed by atoms with Crippen LogP contribution in [0.1, 0.15) is 41.7 Å². The number of ketones is 1. The van der Waals surface area contributed by atoms with Gasteiger partial charge in [-0.25, -0.2) is 8.42 Å². The third kappa shape index (κ3) is 5.31. The van der Waals surface area contributed by atoms with Crippen LogP contribution in [0.15, 0.2) is 42.7 Å². The average molecular weight is 422 g/mol. The highest BCUT2D eigenvalue weighted by atomic mass is 35.5. The Kier molecular flexibility index (Phi) is 6.37. The van der Waals surface area contributed by atoms with Crippen LogP contribution in [0.25, 0.3) is 0 Å². The predicted molar refractivity (Wildman–Crippen MR) is 111 cm³/mol. The molecule has 1 N–H and O–H groups in total. The zero-order valence-corrected chi connectivity index (χ0v) is 17.5. The first-order valence-electron chi connectivity index (χ1n) is 9.19. The Morgan fingerprint density at radius 3 is 2.43 bits per heavy atom. The maximum Gasteiger partial charge on any atom is 0.229 e. The van der Waals surface area contributed by atoms with E-state index in [4.69, 9.17) is 11.6 Å². The lowest BCUT2D eigenvalue weighted by molar-refractivity contribution is 0.0801. The van der Waals surface area contributed by atoms with Crippen LogP contribution in [-0.2, 0) is 10.0 Å². The Morgan fingerprint density at radius 1 is 1.21 bits per heavy atom. The molecule has 1 aromatic carbocycles. The van der Waals surface area contributed by atoms with Crippen LogP contribution in [0, 0.1) is 5.92 Å². The third-order valence-corrected chi connectivity index (χ3v) is 5.94. The molecule has 0 radical (unpaired) electrons. The first kappa shape index (κ1) is 20.8. The van der Waals surface area contributed by atoms with Crippen molar-refractivity contribution in [2.45, 2.75) is 25.8 Å². The van der Waals surface area contributed by atoms with E-state index < -0.39 is 10.0 Å². The summed E-state index contributed by atoms with van der Waals surface area (Å²) < 4.78 is 25.0. The molecule has 1 fully saturated rings. The largest absolute Gasteiger partial charge is 0.297 e. The molecule has 1 aromatic heterocycles. The van der Waals surface area contributed by atoms with Crippen molar-refractivity contribution in [1.29, 1.82) is 0 Å². The lowest BCUT2D eigenvalue weighted by atomic mass is 9.88. The van der Waals surface area contributed by atoms with E-state index in [-0.39, 0.29) is 17.7 Å². The normalized spacial score (nSPS) is 17.2. The Labute approximate surface area is 171 Å². The molecule has 1 unspecified atom stereocenters. The van der Waals surface area contributed by atoms with E-state index in [0.717, 1.165) is 37.8 Å². The number of carbonyl (C=O) groups excluding carboxylic acids is 1. The number of rotatable bonds is 6. The van der Waals surface area contributed by atoms with E-state index in [2.05, 4.69) is 21.5 Å². The molecule has 1 aliphatic heterocycles. The third-order valence-electron chi connectivity index (χ3n) is 5.13. The van der Waals surface area contributed by atoms with Gasteiger partial charge in [-0.2, -0.15) is 0 Å². The number of carbonyl (C=O) groups is 1. The van der Waals surface area contributed by atoms with Crippen molar-refractivity contribution >= 4 is 33.1 Å². The Hall–Kier alpha value is -1.96. The van der Waals surface area contributed by atoms with Gasteiger partial charge in [0.05, 0.1) is 11.3 Å². The summed E-state index contributed by atoms with van der Waals surface area (Å²) in [6, 6.07) is 8.74. The first-order valence-corrected chi connectivity index (χ1v) is 11.5. The Balaban J connectivity index is 1.59. The number of likely N-dealkylation sites (tertiary alicyclic amines) is 1. The van der Waals surface area contributed by atoms with Gasteiger partial charge in [0.15, 0.2) is 5.78 Å². The van der Waals surface area contributed by atoms with Crippen LogP contribution in [0.3, 0.4) is 0 Å². The highest BCUT2D eigenvalue weighted by Crippen LogP contribution is 2.29. The van der Waals surface area contributed by atoms with Crippen LogP contribution in [0.2, 0.25) is 5.02 Å². The number of Topliss-reactive ketones (excluding diaryl/α,β-unsaturated/α-hetero) is 1. The molecule has 0 spiro atoms. The van der Waals surface area contributed by atoms with Gasteiger partial charge in [-0.15, -0.1) is 0 Å². The van der Waals surface area contributed by atoms with E-state index in [9.17, 15) is 13.2 Å². The van der Waals surface area contributed by atoms with Gasteiger partial charge in [0.2, 0.25) is 10.0 Å². The van der Waals surface area contributed by atoms with Crippen LogP contribution in [0.4, 0.5) is 5.69 Å². The molecule has 8 heteroatoms. The molecule has 150 valence electrons. The number of hydrogen-bond donors (Lipinski definition) is 1. The van der Waals surface area contributed by atoms with E-state index in [1.165, 1.54) is 0 Å². The van der Waals surface area contributed by atoms with Gasteiger partial charge in [-0.05, 0) is 68.8 Å². The Bertz CT molecular complexity index is 939. The number of piperidine rings is 1. The molecule has 0 saturated carbocycles. The predicted octanol–water partition coefficient (Wildman–Crippen LogP) is 3.76. The highest BCUT2D eigenvalue weighted by Gasteiger charge is 2.28. The molecule has 0 bridgehead atoms. The molecule has 0 amide bonds. The first-order chi connectivity index (χ1) is 13.2. The number of anilines is 1. The minimum Gasteiger partial charge on any atom is -0.297 e. The standard InChI is InChI=1S/C20H24ClN3O3S/c1-14(17-11-18(21)13-22-12-17)24-9-7-16(8-10-24)20(25)15-3-5-19(6-4-15)23-28(2,26)27/h3-6,11-14,16,23H,7-10H2,1-2H3. The molecule has 2 heterocycles. The van der Waals surface area contributed by atoms with Crippen LogP contribution in [-0.4, -0.2) is 43.4 Å². The number of sulfonamides is 1. The second-order valence-corrected chi connectivity index (χ2v) is 9.42. The van der Waals surface area contributed by atoms with E-state index in [0.29, 0.717) is 16.3 Å². The van der Waals surface area contributed by atoms with Crippen molar-refractivity contribution in [2.75, 3.05) is 24.1 Å². The van der Waals surface area contributed by atoms with Crippen molar-refractivity contribution < 1.29 is 13.2 Å². The van der Waals surface area contributed by atoms with Crippen LogP contribution in [0.5, 0.6) is 0 Å². The minimum absolute atomic E-state index is 0.0188. The molecule has 6 nitrogen and oxygen atoms in total. The smallest absolute Gasteiger partial charge is 0.229 e. The summed E-state index contributed by atoms with van der Waals surface area (Å²) in [6.45, 7) is 3.79. The van der Waals surface area contributed by atoms with E-state index in [1.807, 2.05) is 12.3 Å². The number of halogens is 1. The number of nitrogens with one attached hydrogen (secondary N) is 1. The topological polar surface area (TPSA) is 79.4 Å². The number of benzene rings is 1. The molecular weight excluding hydrogens is 398 g/mol. The maximum absolute atomic E-state index is 12.8. The van der Waals surface area contributed by atoms with Gasteiger partial charge in [0.25, 0.3) is 0 Å². The van der Waals surface area contributed by atoms with Gasteiger partial charge in [0, 0.05) is 35.6 Å². The Morgan fingerprint density at radius 2 is 1.86 bits per heavy atom. The fourth-order valence-corrected chi connectivity index (χ4v) is 4.32. The van der Waals surface area contributed by atoms with Crippen molar-refractivity contribution in [3.05, 3.63) is 58.9 Å². The molecule has 1 aliphatic rings. The van der Waals surface area contributed by atoms with Crippen molar-refractivity contribution in [2.24, 2.45) is 5.92 Å².